The number of aryl methyl sites for hydroxylation is 2. The second kappa shape index (κ2) is 6.45. The van der Waals surface area contributed by atoms with E-state index in [9.17, 15) is 8.42 Å². The van der Waals surface area contributed by atoms with Gasteiger partial charge in [0.1, 0.15) is 0 Å². The second-order valence-corrected chi connectivity index (χ2v) is 8.16. The highest BCUT2D eigenvalue weighted by atomic mass is 79.9. The summed E-state index contributed by atoms with van der Waals surface area (Å²) in [6.45, 7) is 5.68. The molecule has 1 aliphatic rings. The zero-order valence-electron chi connectivity index (χ0n) is 11.9. The molecule has 6 heteroatoms. The van der Waals surface area contributed by atoms with Crippen molar-refractivity contribution < 1.29 is 8.42 Å². The summed E-state index contributed by atoms with van der Waals surface area (Å²) >= 11 is 3.44. The lowest BCUT2D eigenvalue weighted by atomic mass is 10.0. The number of hydrogen-bond donors (Lipinski definition) is 2. The first-order valence-corrected chi connectivity index (χ1v) is 9.30. The summed E-state index contributed by atoms with van der Waals surface area (Å²) < 4.78 is 28.1. The highest BCUT2D eigenvalue weighted by molar-refractivity contribution is 9.10. The van der Waals surface area contributed by atoms with Gasteiger partial charge >= 0.3 is 0 Å². The van der Waals surface area contributed by atoms with Crippen LogP contribution in [0.4, 0.5) is 5.69 Å². The Labute approximate surface area is 129 Å². The monoisotopic (exact) mass is 360 g/mol. The van der Waals surface area contributed by atoms with Crippen LogP contribution < -0.4 is 10.0 Å². The van der Waals surface area contributed by atoms with E-state index in [0.717, 1.165) is 41.5 Å². The Bertz CT molecular complexity index is 558. The molecule has 1 fully saturated rings. The lowest BCUT2D eigenvalue weighted by Gasteiger charge is -2.23. The minimum absolute atomic E-state index is 0.180. The lowest BCUT2D eigenvalue weighted by molar-refractivity contribution is 0.404. The highest BCUT2D eigenvalue weighted by Gasteiger charge is 2.22. The molecule has 2 N–H and O–H groups in total. The fraction of sp³-hybridized carbons (Fsp3) is 0.571. The lowest BCUT2D eigenvalue weighted by Crippen LogP contribution is -2.35. The number of sulfonamides is 1. The average Bonchev–Trinajstić information content (AvgIpc) is 2.34. The van der Waals surface area contributed by atoms with E-state index in [1.807, 2.05) is 26.0 Å². The third-order valence-corrected chi connectivity index (χ3v) is 5.59. The number of halogens is 1. The third-order valence-electron chi connectivity index (χ3n) is 3.54. The normalized spacial score (nSPS) is 19.9. The first kappa shape index (κ1) is 15.8. The van der Waals surface area contributed by atoms with Gasteiger partial charge in [0.15, 0.2) is 0 Å². The standard InChI is InChI=1S/C14H21BrN2O2S/c1-10-6-11(2)14(13(15)7-10)17-20(18,19)9-12-4-3-5-16-8-12/h6-7,12,16-17H,3-5,8-9H2,1-2H3. The van der Waals surface area contributed by atoms with Gasteiger partial charge in [0.2, 0.25) is 10.0 Å². The zero-order chi connectivity index (χ0) is 14.8. The number of anilines is 1. The van der Waals surface area contributed by atoms with Crippen molar-refractivity contribution in [1.82, 2.24) is 5.32 Å². The van der Waals surface area contributed by atoms with Gasteiger partial charge in [-0.05, 0) is 78.8 Å². The molecule has 1 atom stereocenters. The van der Waals surface area contributed by atoms with Gasteiger partial charge in [-0.3, -0.25) is 4.72 Å². The number of nitrogens with one attached hydrogen (secondary N) is 2. The van der Waals surface area contributed by atoms with E-state index in [0.29, 0.717) is 5.69 Å². The zero-order valence-corrected chi connectivity index (χ0v) is 14.3. The summed E-state index contributed by atoms with van der Waals surface area (Å²) in [4.78, 5) is 0. The van der Waals surface area contributed by atoms with Crippen molar-refractivity contribution in [3.63, 3.8) is 0 Å². The largest absolute Gasteiger partial charge is 0.316 e. The van der Waals surface area contributed by atoms with Gasteiger partial charge in [-0.2, -0.15) is 0 Å². The van der Waals surface area contributed by atoms with Crippen LogP contribution >= 0.6 is 15.9 Å². The molecular weight excluding hydrogens is 340 g/mol. The average molecular weight is 361 g/mol. The van der Waals surface area contributed by atoms with Crippen LogP contribution in [0.5, 0.6) is 0 Å². The minimum Gasteiger partial charge on any atom is -0.316 e. The van der Waals surface area contributed by atoms with E-state index < -0.39 is 10.0 Å². The molecule has 112 valence electrons. The van der Waals surface area contributed by atoms with Crippen LogP contribution in [0, 0.1) is 19.8 Å². The Hall–Kier alpha value is -0.590. The van der Waals surface area contributed by atoms with E-state index in [1.54, 1.807) is 0 Å². The van der Waals surface area contributed by atoms with Crippen molar-refractivity contribution in [2.45, 2.75) is 26.7 Å². The smallest absolute Gasteiger partial charge is 0.233 e. The molecule has 20 heavy (non-hydrogen) atoms. The van der Waals surface area contributed by atoms with Crippen LogP contribution in [0.2, 0.25) is 0 Å². The van der Waals surface area contributed by atoms with Crippen molar-refractivity contribution >= 4 is 31.6 Å². The van der Waals surface area contributed by atoms with Crippen LogP contribution in [0.15, 0.2) is 16.6 Å². The molecule has 0 bridgehead atoms. The van der Waals surface area contributed by atoms with Crippen LogP contribution in [0.3, 0.4) is 0 Å². The maximum Gasteiger partial charge on any atom is 0.233 e. The quantitative estimate of drug-likeness (QED) is 0.867. The van der Waals surface area contributed by atoms with Crippen molar-refractivity contribution in [1.29, 1.82) is 0 Å². The van der Waals surface area contributed by atoms with E-state index in [4.69, 9.17) is 0 Å². The van der Waals surface area contributed by atoms with Crippen molar-refractivity contribution in [2.75, 3.05) is 23.6 Å². The number of hydrogen-bond acceptors (Lipinski definition) is 3. The third kappa shape index (κ3) is 4.20. The van der Waals surface area contributed by atoms with Gasteiger partial charge in [0, 0.05) is 4.47 Å². The van der Waals surface area contributed by atoms with E-state index in [1.165, 1.54) is 0 Å². The van der Waals surface area contributed by atoms with Crippen molar-refractivity contribution in [3.05, 3.63) is 27.7 Å². The molecule has 1 aromatic carbocycles. The van der Waals surface area contributed by atoms with Crippen molar-refractivity contribution in [3.8, 4) is 0 Å². The Balaban J connectivity index is 2.11. The molecule has 1 saturated heterocycles. The molecule has 0 saturated carbocycles. The van der Waals surface area contributed by atoms with Gasteiger partial charge < -0.3 is 5.32 Å². The summed E-state index contributed by atoms with van der Waals surface area (Å²) in [5.74, 6) is 0.380. The fourth-order valence-electron chi connectivity index (χ4n) is 2.62. The van der Waals surface area contributed by atoms with Gasteiger partial charge in [-0.15, -0.1) is 0 Å². The number of rotatable bonds is 4. The summed E-state index contributed by atoms with van der Waals surface area (Å²) in [5.41, 5.74) is 2.69. The molecule has 1 aliphatic heterocycles. The first-order valence-electron chi connectivity index (χ1n) is 6.85. The minimum atomic E-state index is -3.31. The van der Waals surface area contributed by atoms with Crippen LogP contribution in [0.25, 0.3) is 0 Å². The van der Waals surface area contributed by atoms with E-state index in [2.05, 4.69) is 26.0 Å². The van der Waals surface area contributed by atoms with Crippen LogP contribution in [0.1, 0.15) is 24.0 Å². The van der Waals surface area contributed by atoms with Crippen LogP contribution in [-0.4, -0.2) is 27.3 Å². The summed E-state index contributed by atoms with van der Waals surface area (Å²) in [6, 6.07) is 3.90. The predicted molar refractivity (Wildman–Crippen MR) is 86.6 cm³/mol. The molecule has 0 spiro atoms. The maximum absolute atomic E-state index is 12.3. The molecule has 2 rings (SSSR count). The number of piperidine rings is 1. The molecule has 1 aromatic rings. The van der Waals surface area contributed by atoms with Crippen molar-refractivity contribution in [2.24, 2.45) is 5.92 Å². The molecule has 0 aliphatic carbocycles. The Kier molecular flexibility index (Phi) is 5.09. The van der Waals surface area contributed by atoms with E-state index in [-0.39, 0.29) is 11.7 Å². The van der Waals surface area contributed by atoms with Gasteiger partial charge in [0.05, 0.1) is 11.4 Å². The summed E-state index contributed by atoms with van der Waals surface area (Å²) in [5, 5.41) is 3.25. The van der Waals surface area contributed by atoms with Gasteiger partial charge in [-0.25, -0.2) is 8.42 Å². The Morgan fingerprint density at radius 1 is 1.40 bits per heavy atom. The maximum atomic E-state index is 12.3. The highest BCUT2D eigenvalue weighted by Crippen LogP contribution is 2.29. The first-order chi connectivity index (χ1) is 9.37. The second-order valence-electron chi connectivity index (χ2n) is 5.53. The summed E-state index contributed by atoms with van der Waals surface area (Å²) in [7, 11) is -3.31. The van der Waals surface area contributed by atoms with Crippen LogP contribution in [-0.2, 0) is 10.0 Å². The SMILES string of the molecule is Cc1cc(C)c(NS(=O)(=O)CC2CCCNC2)c(Br)c1. The molecule has 0 aromatic heterocycles. The molecular formula is C14H21BrN2O2S. The van der Waals surface area contributed by atoms with Gasteiger partial charge in [-0.1, -0.05) is 6.07 Å². The molecule has 1 unspecified atom stereocenters. The topological polar surface area (TPSA) is 58.2 Å². The molecule has 1 heterocycles. The van der Waals surface area contributed by atoms with Gasteiger partial charge in [0.25, 0.3) is 0 Å². The van der Waals surface area contributed by atoms with E-state index >= 15 is 0 Å². The molecule has 0 amide bonds. The fourth-order valence-corrected chi connectivity index (χ4v) is 5.09. The Morgan fingerprint density at radius 3 is 2.75 bits per heavy atom. The molecule has 4 nitrogen and oxygen atoms in total. The number of benzene rings is 1. The predicted octanol–water partition coefficient (Wildman–Crippen LogP) is 2.81. The Morgan fingerprint density at radius 2 is 2.15 bits per heavy atom. The molecule has 0 radical (unpaired) electrons. The summed E-state index contributed by atoms with van der Waals surface area (Å²) in [6.07, 6.45) is 2.02.